The van der Waals surface area contributed by atoms with Crippen molar-refractivity contribution < 1.29 is 24.5 Å². The van der Waals surface area contributed by atoms with E-state index in [4.69, 9.17) is 4.74 Å². The van der Waals surface area contributed by atoms with Gasteiger partial charge in [-0.05, 0) is 25.7 Å². The van der Waals surface area contributed by atoms with Crippen molar-refractivity contribution in [2.45, 2.75) is 450 Å². The molecule has 0 aliphatic rings. The minimum atomic E-state index is -0.661. The van der Waals surface area contributed by atoms with Gasteiger partial charge < -0.3 is 20.3 Å². The van der Waals surface area contributed by atoms with Gasteiger partial charge in [0.15, 0.2) is 0 Å². The molecule has 1 amide bonds. The fourth-order valence-corrected chi connectivity index (χ4v) is 12.2. The molecular formula is C74H147NO5. The van der Waals surface area contributed by atoms with Gasteiger partial charge in [-0.1, -0.05) is 399 Å². The number of hydrogen-bond acceptors (Lipinski definition) is 5. The summed E-state index contributed by atoms with van der Waals surface area (Å²) in [4.78, 5) is 24.6. The van der Waals surface area contributed by atoms with E-state index in [1.165, 1.54) is 366 Å². The van der Waals surface area contributed by atoms with Gasteiger partial charge >= 0.3 is 5.97 Å². The standard InChI is InChI=1S/C74H147NO5/c1-3-5-7-9-11-13-15-17-19-21-36-40-44-48-52-56-60-64-68-74(79)80-69-65-61-57-53-49-45-41-37-34-32-30-28-26-24-22-23-25-27-29-31-33-35-39-43-47-51-55-59-63-67-73(78)75-71(70-76)72(77)66-62-58-54-50-46-42-38-20-18-16-14-12-10-8-6-4-2/h71-72,76-77H,3-70H2,1-2H3,(H,75,78). The Hall–Kier alpha value is -1.14. The average Bonchev–Trinajstić information content (AvgIpc) is 3.46. The maximum absolute atomic E-state index is 12.5. The normalized spacial score (nSPS) is 12.4. The Morgan fingerprint density at radius 1 is 0.300 bits per heavy atom. The summed E-state index contributed by atoms with van der Waals surface area (Å²) in [7, 11) is 0. The Bertz CT molecular complexity index is 1160. The predicted molar refractivity (Wildman–Crippen MR) is 352 cm³/mol. The number of hydrogen-bond donors (Lipinski definition) is 3. The number of rotatable bonds is 71. The van der Waals surface area contributed by atoms with E-state index in [1.807, 2.05) is 0 Å². The monoisotopic (exact) mass is 1130 g/mol. The fourth-order valence-electron chi connectivity index (χ4n) is 12.2. The van der Waals surface area contributed by atoms with E-state index in [-0.39, 0.29) is 18.5 Å². The minimum absolute atomic E-state index is 0.0253. The quantitative estimate of drug-likeness (QED) is 0.0417. The predicted octanol–water partition coefficient (Wildman–Crippen LogP) is 24.2. The van der Waals surface area contributed by atoms with E-state index in [9.17, 15) is 19.8 Å². The van der Waals surface area contributed by atoms with E-state index in [0.717, 1.165) is 38.5 Å². The first-order valence-electron chi connectivity index (χ1n) is 37.3. The number of nitrogens with one attached hydrogen (secondary N) is 1. The molecule has 2 atom stereocenters. The summed E-state index contributed by atoms with van der Waals surface area (Å²) in [5.41, 5.74) is 0. The Balaban J connectivity index is 3.30. The molecule has 0 aliphatic carbocycles. The van der Waals surface area contributed by atoms with Crippen LogP contribution in [0.25, 0.3) is 0 Å². The first kappa shape index (κ1) is 78.9. The van der Waals surface area contributed by atoms with E-state index < -0.39 is 12.1 Å². The largest absolute Gasteiger partial charge is 0.466 e. The third-order valence-electron chi connectivity index (χ3n) is 17.9. The molecule has 0 heterocycles. The van der Waals surface area contributed by atoms with Crippen LogP contribution >= 0.6 is 0 Å². The van der Waals surface area contributed by atoms with Crippen LogP contribution in [-0.2, 0) is 14.3 Å². The van der Waals surface area contributed by atoms with Gasteiger partial charge in [0.25, 0.3) is 0 Å². The fraction of sp³-hybridized carbons (Fsp3) is 0.973. The van der Waals surface area contributed by atoms with Gasteiger partial charge in [0, 0.05) is 12.8 Å². The van der Waals surface area contributed by atoms with Gasteiger partial charge in [0.05, 0.1) is 25.4 Å². The van der Waals surface area contributed by atoms with Crippen molar-refractivity contribution in [3.05, 3.63) is 0 Å². The first-order chi connectivity index (χ1) is 39.5. The van der Waals surface area contributed by atoms with Crippen molar-refractivity contribution in [1.82, 2.24) is 5.32 Å². The molecule has 0 rings (SSSR count). The van der Waals surface area contributed by atoms with Gasteiger partial charge in [-0.15, -0.1) is 0 Å². The van der Waals surface area contributed by atoms with Gasteiger partial charge in [-0.3, -0.25) is 9.59 Å². The second kappa shape index (κ2) is 70.3. The van der Waals surface area contributed by atoms with Crippen molar-refractivity contribution >= 4 is 11.9 Å². The highest BCUT2D eigenvalue weighted by molar-refractivity contribution is 5.76. The highest BCUT2D eigenvalue weighted by atomic mass is 16.5. The number of esters is 1. The lowest BCUT2D eigenvalue weighted by molar-refractivity contribution is -0.143. The third-order valence-corrected chi connectivity index (χ3v) is 17.9. The topological polar surface area (TPSA) is 95.9 Å². The molecule has 0 bridgehead atoms. The molecule has 0 aromatic carbocycles. The molecule has 0 aromatic rings. The van der Waals surface area contributed by atoms with Crippen LogP contribution in [-0.4, -0.2) is 47.4 Å². The zero-order valence-corrected chi connectivity index (χ0v) is 54.9. The number of aliphatic hydroxyl groups is 2. The molecule has 80 heavy (non-hydrogen) atoms. The number of carbonyl (C=O) groups is 2. The second-order valence-corrected chi connectivity index (χ2v) is 26.0. The van der Waals surface area contributed by atoms with Crippen LogP contribution in [0.5, 0.6) is 0 Å². The maximum atomic E-state index is 12.5. The zero-order chi connectivity index (χ0) is 57.8. The average molecular weight is 1130 g/mol. The van der Waals surface area contributed by atoms with Crippen molar-refractivity contribution in [2.24, 2.45) is 0 Å². The molecule has 2 unspecified atom stereocenters. The van der Waals surface area contributed by atoms with E-state index in [2.05, 4.69) is 19.2 Å². The lowest BCUT2D eigenvalue weighted by Crippen LogP contribution is -2.45. The Kier molecular flexibility index (Phi) is 69.3. The van der Waals surface area contributed by atoms with Crippen LogP contribution in [0.2, 0.25) is 0 Å². The van der Waals surface area contributed by atoms with Crippen LogP contribution in [0.3, 0.4) is 0 Å². The SMILES string of the molecule is CCCCCCCCCCCCCCCCCCCCC(=O)OCCCCCCCCCCCCCCCCCCCCCCCCCCCCCCCC(=O)NC(CO)C(O)CCCCCCCCCCCCCCCCCC. The Morgan fingerprint density at radius 3 is 0.762 bits per heavy atom. The molecule has 3 N–H and O–H groups in total. The van der Waals surface area contributed by atoms with Gasteiger partial charge in [0.1, 0.15) is 0 Å². The molecule has 0 saturated heterocycles. The number of carbonyl (C=O) groups excluding carboxylic acids is 2. The summed E-state index contributed by atoms with van der Waals surface area (Å²) in [6.45, 7) is 5.01. The van der Waals surface area contributed by atoms with Crippen LogP contribution in [0.4, 0.5) is 0 Å². The lowest BCUT2D eigenvalue weighted by atomic mass is 10.0. The second-order valence-electron chi connectivity index (χ2n) is 26.0. The van der Waals surface area contributed by atoms with Crippen molar-refractivity contribution in [1.29, 1.82) is 0 Å². The van der Waals surface area contributed by atoms with E-state index in [0.29, 0.717) is 25.9 Å². The number of unbranched alkanes of at least 4 members (excludes halogenated alkanes) is 60. The maximum Gasteiger partial charge on any atom is 0.305 e. The summed E-state index contributed by atoms with van der Waals surface area (Å²) in [6.07, 6.45) is 86.0. The molecule has 6 nitrogen and oxygen atoms in total. The summed E-state index contributed by atoms with van der Waals surface area (Å²) in [5, 5.41) is 23.4. The number of ether oxygens (including phenoxy) is 1. The number of aliphatic hydroxyl groups excluding tert-OH is 2. The van der Waals surface area contributed by atoms with Crippen LogP contribution in [0.15, 0.2) is 0 Å². The van der Waals surface area contributed by atoms with Gasteiger partial charge in [-0.25, -0.2) is 0 Å². The van der Waals surface area contributed by atoms with E-state index >= 15 is 0 Å². The molecule has 6 heteroatoms. The summed E-state index contributed by atoms with van der Waals surface area (Å²) in [6, 6.07) is -0.538. The van der Waals surface area contributed by atoms with Crippen LogP contribution in [0.1, 0.15) is 438 Å². The molecule has 478 valence electrons. The van der Waals surface area contributed by atoms with Crippen molar-refractivity contribution in [2.75, 3.05) is 13.2 Å². The molecule has 0 radical (unpaired) electrons. The Morgan fingerprint density at radius 2 is 0.512 bits per heavy atom. The van der Waals surface area contributed by atoms with Gasteiger partial charge in [-0.2, -0.15) is 0 Å². The Labute approximate surface area is 502 Å². The molecule has 0 spiro atoms. The minimum Gasteiger partial charge on any atom is -0.466 e. The van der Waals surface area contributed by atoms with E-state index in [1.54, 1.807) is 0 Å². The lowest BCUT2D eigenvalue weighted by Gasteiger charge is -2.22. The highest BCUT2D eigenvalue weighted by Crippen LogP contribution is 2.20. The summed E-state index contributed by atoms with van der Waals surface area (Å²) < 4.78 is 5.52. The van der Waals surface area contributed by atoms with Crippen LogP contribution < -0.4 is 5.32 Å². The zero-order valence-electron chi connectivity index (χ0n) is 54.9. The third kappa shape index (κ3) is 66.0. The first-order valence-corrected chi connectivity index (χ1v) is 37.3. The molecule has 0 fully saturated rings. The van der Waals surface area contributed by atoms with Crippen LogP contribution in [0, 0.1) is 0 Å². The van der Waals surface area contributed by atoms with Crippen molar-refractivity contribution in [3.63, 3.8) is 0 Å². The van der Waals surface area contributed by atoms with Gasteiger partial charge in [0.2, 0.25) is 5.91 Å². The molecule has 0 aromatic heterocycles. The number of amides is 1. The summed E-state index contributed by atoms with van der Waals surface area (Å²) >= 11 is 0. The molecular weight excluding hydrogens is 983 g/mol. The molecule has 0 aliphatic heterocycles. The smallest absolute Gasteiger partial charge is 0.305 e. The summed E-state index contributed by atoms with van der Waals surface area (Å²) in [5.74, 6) is -0.00169. The van der Waals surface area contributed by atoms with Crippen molar-refractivity contribution in [3.8, 4) is 0 Å². The highest BCUT2D eigenvalue weighted by Gasteiger charge is 2.20. The molecule has 0 saturated carbocycles.